The van der Waals surface area contributed by atoms with Gasteiger partial charge in [-0.25, -0.2) is 4.98 Å². The van der Waals surface area contributed by atoms with Crippen LogP contribution in [0.3, 0.4) is 0 Å². The van der Waals surface area contributed by atoms with Gasteiger partial charge in [-0.1, -0.05) is 36.1 Å². The van der Waals surface area contributed by atoms with E-state index in [2.05, 4.69) is 23.7 Å². The summed E-state index contributed by atoms with van der Waals surface area (Å²) in [5.74, 6) is 1.05. The highest BCUT2D eigenvalue weighted by molar-refractivity contribution is 8.22. The summed E-state index contributed by atoms with van der Waals surface area (Å²) in [5, 5.41) is 9.53. The summed E-state index contributed by atoms with van der Waals surface area (Å²) in [4.78, 5) is 19.2. The minimum Gasteiger partial charge on any atom is -0.358 e. The number of hydrogen-bond acceptors (Lipinski definition) is 5. The molecule has 0 N–H and O–H groups in total. The summed E-state index contributed by atoms with van der Waals surface area (Å²) in [6.45, 7) is 5.79. The number of thioether (sulfide) groups is 1. The Hall–Kier alpha value is -1.91. The summed E-state index contributed by atoms with van der Waals surface area (Å²) < 4.78 is 2.21. The number of para-hydroxylation sites is 1. The molecule has 0 aliphatic heterocycles. The molecule has 0 saturated heterocycles. The van der Waals surface area contributed by atoms with Crippen molar-refractivity contribution in [3.05, 3.63) is 40.4 Å². The zero-order valence-electron chi connectivity index (χ0n) is 13.2. The summed E-state index contributed by atoms with van der Waals surface area (Å²) >= 11 is 6.89. The third-order valence-electron chi connectivity index (χ3n) is 3.52. The van der Waals surface area contributed by atoms with Gasteiger partial charge in [-0.15, -0.1) is 0 Å². The zero-order valence-corrected chi connectivity index (χ0v) is 14.8. The Labute approximate surface area is 144 Å². The Morgan fingerprint density at radius 2 is 2.09 bits per heavy atom. The molecule has 0 radical (unpaired) electrons. The van der Waals surface area contributed by atoms with E-state index in [0.717, 1.165) is 17.4 Å². The topological polar surface area (TPSA) is 61.9 Å². The maximum absolute atomic E-state index is 12.5. The van der Waals surface area contributed by atoms with Crippen molar-refractivity contribution in [2.45, 2.75) is 26.1 Å². The standard InChI is InChI=1S/C16H18N4OS2/c1-3-19(4-2)16(22)23-11-14-18-13-8-6-5-7-12(13)15(21)20(14)10-9-17/h5-8H,3-4,10-11H2,1-2H3. The van der Waals surface area contributed by atoms with Gasteiger partial charge in [0, 0.05) is 13.1 Å². The molecule has 0 saturated carbocycles. The third-order valence-corrected chi connectivity index (χ3v) is 5.04. The van der Waals surface area contributed by atoms with Crippen LogP contribution in [0.4, 0.5) is 0 Å². The lowest BCUT2D eigenvalue weighted by Crippen LogP contribution is -2.28. The van der Waals surface area contributed by atoms with Crippen molar-refractivity contribution in [2.75, 3.05) is 13.1 Å². The van der Waals surface area contributed by atoms with Crippen LogP contribution in [0.15, 0.2) is 29.1 Å². The predicted octanol–water partition coefficient (Wildman–Crippen LogP) is 2.78. The minimum atomic E-state index is -0.179. The number of nitriles is 1. The molecule has 1 heterocycles. The molecular weight excluding hydrogens is 328 g/mol. The molecule has 2 rings (SSSR count). The fourth-order valence-corrected chi connectivity index (χ4v) is 3.61. The highest BCUT2D eigenvalue weighted by atomic mass is 32.2. The second-order valence-corrected chi connectivity index (χ2v) is 6.43. The van der Waals surface area contributed by atoms with Gasteiger partial charge >= 0.3 is 0 Å². The number of aromatic nitrogens is 2. The number of benzene rings is 1. The highest BCUT2D eigenvalue weighted by Gasteiger charge is 2.13. The molecule has 0 unspecified atom stereocenters. The fourth-order valence-electron chi connectivity index (χ4n) is 2.26. The molecule has 5 nitrogen and oxygen atoms in total. The number of hydrogen-bond donors (Lipinski definition) is 0. The van der Waals surface area contributed by atoms with Gasteiger partial charge < -0.3 is 4.90 Å². The van der Waals surface area contributed by atoms with Crippen molar-refractivity contribution in [3.8, 4) is 6.07 Å². The van der Waals surface area contributed by atoms with Gasteiger partial charge in [0.1, 0.15) is 16.7 Å². The maximum atomic E-state index is 12.5. The van der Waals surface area contributed by atoms with Crippen LogP contribution in [0.2, 0.25) is 0 Å². The lowest BCUT2D eigenvalue weighted by molar-refractivity contribution is 0.482. The van der Waals surface area contributed by atoms with Crippen molar-refractivity contribution in [1.29, 1.82) is 5.26 Å². The molecule has 0 fully saturated rings. The van der Waals surface area contributed by atoms with Gasteiger partial charge in [0.2, 0.25) is 0 Å². The van der Waals surface area contributed by atoms with E-state index in [0.29, 0.717) is 22.5 Å². The monoisotopic (exact) mass is 346 g/mol. The van der Waals surface area contributed by atoms with Gasteiger partial charge in [0.15, 0.2) is 0 Å². The molecule has 1 aromatic heterocycles. The van der Waals surface area contributed by atoms with Gasteiger partial charge in [-0.3, -0.25) is 9.36 Å². The first-order valence-electron chi connectivity index (χ1n) is 7.39. The average Bonchev–Trinajstić information content (AvgIpc) is 2.57. The fraction of sp³-hybridized carbons (Fsp3) is 0.375. The Morgan fingerprint density at radius 1 is 1.39 bits per heavy atom. The second kappa shape index (κ2) is 8.09. The largest absolute Gasteiger partial charge is 0.358 e. The molecule has 1 aromatic carbocycles. The SMILES string of the molecule is CCN(CC)C(=S)SCc1nc2ccccc2c(=O)n1CC#N. The van der Waals surface area contributed by atoms with Crippen LogP contribution in [0.5, 0.6) is 0 Å². The van der Waals surface area contributed by atoms with E-state index in [-0.39, 0.29) is 12.1 Å². The predicted molar refractivity (Wildman–Crippen MR) is 98.4 cm³/mol. The Kier molecular flexibility index (Phi) is 6.13. The smallest absolute Gasteiger partial charge is 0.262 e. The molecule has 0 aliphatic carbocycles. The van der Waals surface area contributed by atoms with E-state index < -0.39 is 0 Å². The minimum absolute atomic E-state index is 0.00933. The van der Waals surface area contributed by atoms with Gasteiger partial charge in [0.25, 0.3) is 5.56 Å². The maximum Gasteiger partial charge on any atom is 0.262 e. The highest BCUT2D eigenvalue weighted by Crippen LogP contribution is 2.17. The molecule has 0 amide bonds. The number of fused-ring (bicyclic) bond motifs is 1. The molecule has 2 aromatic rings. The van der Waals surface area contributed by atoms with E-state index >= 15 is 0 Å². The van der Waals surface area contributed by atoms with Gasteiger partial charge in [-0.2, -0.15) is 5.26 Å². The average molecular weight is 346 g/mol. The first-order valence-corrected chi connectivity index (χ1v) is 8.78. The van der Waals surface area contributed by atoms with E-state index in [1.54, 1.807) is 12.1 Å². The van der Waals surface area contributed by atoms with Crippen LogP contribution in [0.25, 0.3) is 10.9 Å². The Morgan fingerprint density at radius 3 is 2.74 bits per heavy atom. The molecule has 120 valence electrons. The third kappa shape index (κ3) is 3.89. The van der Waals surface area contributed by atoms with Gasteiger partial charge in [-0.05, 0) is 26.0 Å². The van der Waals surface area contributed by atoms with Crippen molar-refractivity contribution in [1.82, 2.24) is 14.5 Å². The Balaban J connectivity index is 2.36. The van der Waals surface area contributed by atoms with E-state index in [4.69, 9.17) is 17.5 Å². The van der Waals surface area contributed by atoms with Crippen LogP contribution in [-0.4, -0.2) is 31.9 Å². The molecule has 0 aliphatic rings. The van der Waals surface area contributed by atoms with Crippen LogP contribution in [-0.2, 0) is 12.3 Å². The normalized spacial score (nSPS) is 10.5. The van der Waals surface area contributed by atoms with Crippen LogP contribution in [0.1, 0.15) is 19.7 Å². The van der Waals surface area contributed by atoms with E-state index in [1.807, 2.05) is 18.2 Å². The molecule has 0 atom stereocenters. The Bertz CT molecular complexity index is 806. The second-order valence-electron chi connectivity index (χ2n) is 4.82. The number of nitrogens with zero attached hydrogens (tertiary/aromatic N) is 4. The van der Waals surface area contributed by atoms with Crippen LogP contribution >= 0.6 is 24.0 Å². The van der Waals surface area contributed by atoms with Crippen LogP contribution in [0, 0.1) is 11.3 Å². The lowest BCUT2D eigenvalue weighted by atomic mass is 10.2. The molecule has 0 bridgehead atoms. The molecule has 23 heavy (non-hydrogen) atoms. The van der Waals surface area contributed by atoms with Crippen LogP contribution < -0.4 is 5.56 Å². The molecular formula is C16H18N4OS2. The summed E-state index contributed by atoms with van der Waals surface area (Å²) in [7, 11) is 0. The summed E-state index contributed by atoms with van der Waals surface area (Å²) in [6, 6.07) is 9.22. The molecule has 7 heteroatoms. The quantitative estimate of drug-likeness (QED) is 0.776. The van der Waals surface area contributed by atoms with Crippen molar-refractivity contribution in [3.63, 3.8) is 0 Å². The van der Waals surface area contributed by atoms with Crippen molar-refractivity contribution < 1.29 is 0 Å². The first kappa shape index (κ1) is 17.4. The van der Waals surface area contributed by atoms with Crippen molar-refractivity contribution >= 4 is 39.2 Å². The van der Waals surface area contributed by atoms with E-state index in [1.165, 1.54) is 16.3 Å². The zero-order chi connectivity index (χ0) is 16.8. The number of rotatable bonds is 5. The van der Waals surface area contributed by atoms with E-state index in [9.17, 15) is 4.79 Å². The molecule has 0 spiro atoms. The van der Waals surface area contributed by atoms with Crippen molar-refractivity contribution in [2.24, 2.45) is 0 Å². The summed E-state index contributed by atoms with van der Waals surface area (Å²) in [5.41, 5.74) is 0.470. The lowest BCUT2D eigenvalue weighted by Gasteiger charge is -2.21. The first-order chi connectivity index (χ1) is 11.1. The summed E-state index contributed by atoms with van der Waals surface area (Å²) in [6.07, 6.45) is 0. The number of thiocarbonyl (C=S) groups is 1. The van der Waals surface area contributed by atoms with Gasteiger partial charge in [0.05, 0.1) is 22.7 Å².